The van der Waals surface area contributed by atoms with Gasteiger partial charge in [-0.3, -0.25) is 4.99 Å². The summed E-state index contributed by atoms with van der Waals surface area (Å²) in [6.45, 7) is 0. The molecule has 80 valence electrons. The number of para-hydroxylation sites is 2. The standard InChI is InChI=1S/C13H10ClNO.K/c14-11-6-2-1-5-10(11)9-15-12-7-3-4-8-13(12)16;/h1-9,16H;/q;+1/p-1. The van der Waals surface area contributed by atoms with E-state index in [9.17, 15) is 5.11 Å². The maximum Gasteiger partial charge on any atom is 1.00 e. The van der Waals surface area contributed by atoms with Crippen LogP contribution in [0.5, 0.6) is 5.75 Å². The van der Waals surface area contributed by atoms with Crippen LogP contribution >= 0.6 is 11.6 Å². The SMILES string of the molecule is [K+].[O-]c1ccccc1N=Cc1ccccc1Cl. The van der Waals surface area contributed by atoms with Crippen LogP contribution in [0.2, 0.25) is 5.02 Å². The minimum Gasteiger partial charge on any atom is -0.871 e. The molecule has 0 saturated carbocycles. The zero-order chi connectivity index (χ0) is 11.4. The average Bonchev–Trinajstić information content (AvgIpc) is 2.30. The molecule has 2 aromatic rings. The molecule has 0 amide bonds. The normalized spacial score (nSPS) is 10.2. The number of halogens is 1. The van der Waals surface area contributed by atoms with E-state index in [0.717, 1.165) is 5.56 Å². The molecule has 0 bridgehead atoms. The summed E-state index contributed by atoms with van der Waals surface area (Å²) in [7, 11) is 0. The third-order valence-electron chi connectivity index (χ3n) is 2.11. The van der Waals surface area contributed by atoms with Crippen molar-refractivity contribution in [3.8, 4) is 5.75 Å². The maximum atomic E-state index is 11.4. The number of rotatable bonds is 2. The van der Waals surface area contributed by atoms with Crippen molar-refractivity contribution in [1.82, 2.24) is 0 Å². The first-order valence-electron chi connectivity index (χ1n) is 4.82. The van der Waals surface area contributed by atoms with Gasteiger partial charge in [0.15, 0.2) is 0 Å². The van der Waals surface area contributed by atoms with Gasteiger partial charge in [0, 0.05) is 16.8 Å². The summed E-state index contributed by atoms with van der Waals surface area (Å²) in [5.41, 5.74) is 1.22. The van der Waals surface area contributed by atoms with Crippen LogP contribution in [0, 0.1) is 0 Å². The van der Waals surface area contributed by atoms with Gasteiger partial charge in [-0.1, -0.05) is 53.7 Å². The van der Waals surface area contributed by atoms with Crippen LogP contribution in [0.3, 0.4) is 0 Å². The molecule has 0 N–H and O–H groups in total. The van der Waals surface area contributed by atoms with E-state index in [2.05, 4.69) is 4.99 Å². The molecule has 0 saturated heterocycles. The van der Waals surface area contributed by atoms with Gasteiger partial charge >= 0.3 is 51.4 Å². The summed E-state index contributed by atoms with van der Waals surface area (Å²) in [5.74, 6) is -0.0918. The summed E-state index contributed by atoms with van der Waals surface area (Å²) in [4.78, 5) is 4.11. The first kappa shape index (κ1) is 14.9. The summed E-state index contributed by atoms with van der Waals surface area (Å²) in [6.07, 6.45) is 1.60. The molecule has 0 aliphatic heterocycles. The number of hydrogen-bond donors (Lipinski definition) is 0. The Bertz CT molecular complexity index is 481. The average molecular weight is 270 g/mol. The van der Waals surface area contributed by atoms with Gasteiger partial charge in [0.25, 0.3) is 0 Å². The fraction of sp³-hybridized carbons (Fsp3) is 0. The van der Waals surface area contributed by atoms with Crippen LogP contribution in [-0.4, -0.2) is 6.21 Å². The van der Waals surface area contributed by atoms with Gasteiger partial charge in [0.2, 0.25) is 0 Å². The van der Waals surface area contributed by atoms with Gasteiger partial charge in [-0.15, -0.1) is 0 Å². The van der Waals surface area contributed by atoms with Gasteiger partial charge in [0.05, 0.1) is 5.69 Å². The van der Waals surface area contributed by atoms with Crippen molar-refractivity contribution in [2.75, 3.05) is 0 Å². The van der Waals surface area contributed by atoms with Crippen LogP contribution in [0.1, 0.15) is 5.56 Å². The number of nitrogens with zero attached hydrogens (tertiary/aromatic N) is 1. The van der Waals surface area contributed by atoms with E-state index in [-0.39, 0.29) is 57.1 Å². The first-order chi connectivity index (χ1) is 7.77. The summed E-state index contributed by atoms with van der Waals surface area (Å²) in [5, 5.41) is 12.0. The molecule has 0 fully saturated rings. The van der Waals surface area contributed by atoms with Gasteiger partial charge in [-0.05, 0) is 12.1 Å². The first-order valence-corrected chi connectivity index (χ1v) is 5.20. The molecule has 2 nitrogen and oxygen atoms in total. The predicted molar refractivity (Wildman–Crippen MR) is 64.6 cm³/mol. The Morgan fingerprint density at radius 1 is 1.00 bits per heavy atom. The van der Waals surface area contributed by atoms with E-state index in [1.54, 1.807) is 30.5 Å². The van der Waals surface area contributed by atoms with Gasteiger partial charge in [-0.25, -0.2) is 0 Å². The molecule has 0 aliphatic rings. The summed E-state index contributed by atoms with van der Waals surface area (Å²) < 4.78 is 0. The van der Waals surface area contributed by atoms with Crippen molar-refractivity contribution in [1.29, 1.82) is 0 Å². The second-order valence-electron chi connectivity index (χ2n) is 3.25. The molecular weight excluding hydrogens is 261 g/mol. The fourth-order valence-corrected chi connectivity index (χ4v) is 1.47. The quantitative estimate of drug-likeness (QED) is 0.565. The van der Waals surface area contributed by atoms with Crippen molar-refractivity contribution in [2.24, 2.45) is 4.99 Å². The largest absolute Gasteiger partial charge is 1.00 e. The van der Waals surface area contributed by atoms with Crippen molar-refractivity contribution in [3.05, 3.63) is 59.1 Å². The monoisotopic (exact) mass is 269 g/mol. The Morgan fingerprint density at radius 3 is 2.35 bits per heavy atom. The van der Waals surface area contributed by atoms with E-state index >= 15 is 0 Å². The molecule has 2 rings (SSSR count). The third kappa shape index (κ3) is 4.21. The Hall–Kier alpha value is -0.164. The molecule has 0 radical (unpaired) electrons. The zero-order valence-electron chi connectivity index (χ0n) is 9.43. The fourth-order valence-electron chi connectivity index (χ4n) is 1.28. The molecule has 0 unspecified atom stereocenters. The van der Waals surface area contributed by atoms with Crippen LogP contribution in [0.25, 0.3) is 0 Å². The van der Waals surface area contributed by atoms with Crippen molar-refractivity contribution in [2.45, 2.75) is 0 Å². The number of aliphatic imine (C=N–C) groups is 1. The third-order valence-corrected chi connectivity index (χ3v) is 2.46. The Kier molecular flexibility index (Phi) is 6.41. The second-order valence-corrected chi connectivity index (χ2v) is 3.65. The summed E-state index contributed by atoms with van der Waals surface area (Å²) >= 11 is 5.96. The predicted octanol–water partition coefficient (Wildman–Crippen LogP) is 0.168. The topological polar surface area (TPSA) is 35.4 Å². The minimum absolute atomic E-state index is 0. The van der Waals surface area contributed by atoms with Crippen molar-refractivity contribution >= 4 is 23.5 Å². The summed E-state index contributed by atoms with van der Waals surface area (Å²) in [6, 6.07) is 14.0. The van der Waals surface area contributed by atoms with Gasteiger partial charge < -0.3 is 5.11 Å². The second kappa shape index (κ2) is 7.31. The zero-order valence-corrected chi connectivity index (χ0v) is 13.3. The number of benzene rings is 2. The molecule has 0 aliphatic carbocycles. The van der Waals surface area contributed by atoms with Crippen LogP contribution in [0.15, 0.2) is 53.5 Å². The van der Waals surface area contributed by atoms with Crippen LogP contribution in [-0.2, 0) is 0 Å². The Labute approximate surface area is 148 Å². The van der Waals surface area contributed by atoms with E-state index in [0.29, 0.717) is 10.7 Å². The Morgan fingerprint density at radius 2 is 1.65 bits per heavy atom. The molecule has 0 spiro atoms. The molecule has 0 atom stereocenters. The van der Waals surface area contributed by atoms with E-state index in [1.807, 2.05) is 18.2 Å². The van der Waals surface area contributed by atoms with Gasteiger partial charge in [0.1, 0.15) is 0 Å². The Balaban J connectivity index is 0.00000144. The smallest absolute Gasteiger partial charge is 0.871 e. The molecular formula is C13H9ClKNO. The molecule has 0 aromatic heterocycles. The molecule has 0 heterocycles. The number of hydrogen-bond acceptors (Lipinski definition) is 2. The molecule has 17 heavy (non-hydrogen) atoms. The minimum atomic E-state index is -0.0918. The van der Waals surface area contributed by atoms with E-state index in [4.69, 9.17) is 11.6 Å². The molecule has 2 aromatic carbocycles. The van der Waals surface area contributed by atoms with Crippen molar-refractivity contribution < 1.29 is 56.5 Å². The molecule has 4 heteroatoms. The van der Waals surface area contributed by atoms with Crippen LogP contribution in [0.4, 0.5) is 5.69 Å². The van der Waals surface area contributed by atoms with Crippen LogP contribution < -0.4 is 56.5 Å². The van der Waals surface area contributed by atoms with E-state index < -0.39 is 0 Å². The van der Waals surface area contributed by atoms with Crippen molar-refractivity contribution in [3.63, 3.8) is 0 Å². The van der Waals surface area contributed by atoms with Gasteiger partial charge in [-0.2, -0.15) is 0 Å². The van der Waals surface area contributed by atoms with E-state index in [1.165, 1.54) is 6.07 Å². The maximum absolute atomic E-state index is 11.4.